The standard InChI is InChI=1S/C13H6BrF4N/c14-13(6-19)10(16)5-8(11(17)12(13)18)7-3-1-2-4-9(7)15/h1-5,10H. The maximum Gasteiger partial charge on any atom is 0.200 e. The molecule has 0 saturated carbocycles. The fourth-order valence-corrected chi connectivity index (χ4v) is 2.04. The first kappa shape index (κ1) is 13.8. The Hall–Kier alpha value is -1.61. The number of allylic oxidation sites excluding steroid dienone is 4. The molecule has 1 aliphatic carbocycles. The Bertz CT molecular complexity index is 632. The van der Waals surface area contributed by atoms with E-state index in [0.717, 1.165) is 6.07 Å². The lowest BCUT2D eigenvalue weighted by molar-refractivity contribution is 0.335. The van der Waals surface area contributed by atoms with Crippen molar-refractivity contribution in [1.82, 2.24) is 0 Å². The van der Waals surface area contributed by atoms with Gasteiger partial charge in [-0.1, -0.05) is 34.1 Å². The number of halogens is 5. The predicted molar refractivity (Wildman–Crippen MR) is 65.8 cm³/mol. The summed E-state index contributed by atoms with van der Waals surface area (Å²) in [5, 5.41) is 8.74. The Labute approximate surface area is 115 Å². The molecule has 1 nitrogen and oxygen atoms in total. The van der Waals surface area contributed by atoms with Gasteiger partial charge in [-0.3, -0.25) is 0 Å². The van der Waals surface area contributed by atoms with E-state index < -0.39 is 33.5 Å². The molecule has 2 unspecified atom stereocenters. The molecule has 1 aromatic rings. The van der Waals surface area contributed by atoms with Crippen LogP contribution in [0.25, 0.3) is 5.57 Å². The second-order valence-electron chi connectivity index (χ2n) is 3.91. The first-order valence-corrected chi connectivity index (χ1v) is 5.98. The number of hydrogen-bond acceptors (Lipinski definition) is 1. The van der Waals surface area contributed by atoms with E-state index in [1.165, 1.54) is 24.3 Å². The predicted octanol–water partition coefficient (Wildman–Crippen LogP) is 4.37. The molecule has 6 heteroatoms. The van der Waals surface area contributed by atoms with Crippen molar-refractivity contribution in [1.29, 1.82) is 5.26 Å². The van der Waals surface area contributed by atoms with Gasteiger partial charge >= 0.3 is 0 Å². The third kappa shape index (κ3) is 2.08. The van der Waals surface area contributed by atoms with Gasteiger partial charge in [-0.05, 0) is 12.1 Å². The number of hydrogen-bond donors (Lipinski definition) is 0. The van der Waals surface area contributed by atoms with E-state index in [2.05, 4.69) is 15.9 Å². The van der Waals surface area contributed by atoms with Crippen molar-refractivity contribution in [3.8, 4) is 6.07 Å². The molecule has 19 heavy (non-hydrogen) atoms. The molecule has 1 aliphatic rings. The Morgan fingerprint density at radius 3 is 2.42 bits per heavy atom. The average Bonchev–Trinajstić information content (AvgIpc) is 2.41. The smallest absolute Gasteiger partial charge is 0.200 e. The van der Waals surface area contributed by atoms with E-state index in [1.54, 1.807) is 0 Å². The lowest BCUT2D eigenvalue weighted by Gasteiger charge is -2.26. The summed E-state index contributed by atoms with van der Waals surface area (Å²) in [6, 6.07) is 6.37. The van der Waals surface area contributed by atoms with Gasteiger partial charge in [0.2, 0.25) is 4.32 Å². The maximum absolute atomic E-state index is 13.9. The van der Waals surface area contributed by atoms with Crippen LogP contribution in [0.15, 0.2) is 42.0 Å². The van der Waals surface area contributed by atoms with Crippen molar-refractivity contribution in [2.24, 2.45) is 0 Å². The molecule has 0 N–H and O–H groups in total. The van der Waals surface area contributed by atoms with E-state index in [1.807, 2.05) is 0 Å². The second-order valence-corrected chi connectivity index (χ2v) is 5.16. The van der Waals surface area contributed by atoms with Crippen LogP contribution in [0, 0.1) is 17.1 Å². The molecule has 0 aliphatic heterocycles. The van der Waals surface area contributed by atoms with E-state index in [4.69, 9.17) is 5.26 Å². The van der Waals surface area contributed by atoms with Crippen molar-refractivity contribution in [3.05, 3.63) is 53.4 Å². The van der Waals surface area contributed by atoms with Crippen molar-refractivity contribution in [2.75, 3.05) is 0 Å². The quantitative estimate of drug-likeness (QED) is 0.553. The van der Waals surface area contributed by atoms with Crippen LogP contribution in [0.2, 0.25) is 0 Å². The van der Waals surface area contributed by atoms with Gasteiger partial charge in [-0.25, -0.2) is 17.6 Å². The Balaban J connectivity index is 2.61. The van der Waals surface area contributed by atoms with Crippen molar-refractivity contribution in [3.63, 3.8) is 0 Å². The van der Waals surface area contributed by atoms with E-state index >= 15 is 0 Å². The van der Waals surface area contributed by atoms with E-state index in [0.29, 0.717) is 6.08 Å². The third-order valence-corrected chi connectivity index (χ3v) is 3.73. The number of benzene rings is 1. The van der Waals surface area contributed by atoms with Gasteiger partial charge in [0.05, 0.1) is 6.07 Å². The molecule has 0 amide bonds. The van der Waals surface area contributed by atoms with Gasteiger partial charge in [0.25, 0.3) is 0 Å². The molecule has 0 saturated heterocycles. The second kappa shape index (κ2) is 4.82. The largest absolute Gasteiger partial charge is 0.240 e. The Morgan fingerprint density at radius 1 is 1.21 bits per heavy atom. The van der Waals surface area contributed by atoms with Crippen molar-refractivity contribution in [2.45, 2.75) is 10.5 Å². The molecule has 1 aromatic carbocycles. The molecule has 0 aromatic heterocycles. The minimum atomic E-state index is -2.40. The van der Waals surface area contributed by atoms with E-state index in [9.17, 15) is 17.6 Å². The monoisotopic (exact) mass is 331 g/mol. The number of alkyl halides is 2. The molecule has 2 rings (SSSR count). The third-order valence-electron chi connectivity index (χ3n) is 2.77. The molecule has 0 spiro atoms. The number of nitrogens with zero attached hydrogens (tertiary/aromatic N) is 1. The number of rotatable bonds is 1. The van der Waals surface area contributed by atoms with Crippen LogP contribution < -0.4 is 0 Å². The lowest BCUT2D eigenvalue weighted by Crippen LogP contribution is -2.34. The van der Waals surface area contributed by atoms with Crippen LogP contribution in [0.3, 0.4) is 0 Å². The highest BCUT2D eigenvalue weighted by Crippen LogP contribution is 2.45. The van der Waals surface area contributed by atoms with Crippen LogP contribution >= 0.6 is 15.9 Å². The summed E-state index contributed by atoms with van der Waals surface area (Å²) in [4.78, 5) is 0. The molecule has 0 radical (unpaired) electrons. The fraction of sp³-hybridized carbons (Fsp3) is 0.154. The lowest BCUT2D eigenvalue weighted by atomic mass is 9.90. The summed E-state index contributed by atoms with van der Waals surface area (Å²) in [7, 11) is 0. The highest BCUT2D eigenvalue weighted by atomic mass is 79.9. The van der Waals surface area contributed by atoms with Crippen LogP contribution in [0.1, 0.15) is 5.56 Å². The molecule has 98 valence electrons. The van der Waals surface area contributed by atoms with Crippen molar-refractivity contribution >= 4 is 21.5 Å². The topological polar surface area (TPSA) is 23.8 Å². The zero-order valence-corrected chi connectivity index (χ0v) is 10.9. The van der Waals surface area contributed by atoms with E-state index in [-0.39, 0.29) is 5.56 Å². The van der Waals surface area contributed by atoms with Crippen LogP contribution in [-0.2, 0) is 0 Å². The minimum Gasteiger partial charge on any atom is -0.240 e. The van der Waals surface area contributed by atoms with Crippen LogP contribution in [-0.4, -0.2) is 10.5 Å². The fourth-order valence-electron chi connectivity index (χ4n) is 1.73. The Kier molecular flexibility index (Phi) is 3.50. The molecule has 0 fully saturated rings. The maximum atomic E-state index is 13.9. The summed E-state index contributed by atoms with van der Waals surface area (Å²) >= 11 is 2.54. The summed E-state index contributed by atoms with van der Waals surface area (Å²) in [6.07, 6.45) is -1.44. The van der Waals surface area contributed by atoms with Gasteiger partial charge in [-0.15, -0.1) is 0 Å². The molecular formula is C13H6BrF4N. The highest BCUT2D eigenvalue weighted by molar-refractivity contribution is 9.10. The minimum absolute atomic E-state index is 0.259. The van der Waals surface area contributed by atoms with Gasteiger partial charge < -0.3 is 0 Å². The molecule has 0 bridgehead atoms. The van der Waals surface area contributed by atoms with Crippen molar-refractivity contribution < 1.29 is 17.6 Å². The summed E-state index contributed by atoms with van der Waals surface area (Å²) in [5.41, 5.74) is -0.793. The first-order valence-electron chi connectivity index (χ1n) is 5.19. The zero-order chi connectivity index (χ0) is 14.2. The first-order chi connectivity index (χ1) is 8.91. The molecule has 0 heterocycles. The number of nitriles is 1. The summed E-state index contributed by atoms with van der Waals surface area (Å²) < 4.78 is 52.6. The summed E-state index contributed by atoms with van der Waals surface area (Å²) in [5.74, 6) is -3.84. The SMILES string of the molecule is N#CC1(Br)C(F)=C(F)C(c2ccccc2F)=CC1F. The van der Waals surface area contributed by atoms with Crippen LogP contribution in [0.4, 0.5) is 17.6 Å². The normalized spacial score (nSPS) is 26.9. The zero-order valence-electron chi connectivity index (χ0n) is 9.30. The highest BCUT2D eigenvalue weighted by Gasteiger charge is 2.47. The summed E-state index contributed by atoms with van der Waals surface area (Å²) in [6.45, 7) is 0. The average molecular weight is 332 g/mol. The van der Waals surface area contributed by atoms with Gasteiger partial charge in [0.1, 0.15) is 5.82 Å². The van der Waals surface area contributed by atoms with Crippen LogP contribution in [0.5, 0.6) is 0 Å². The van der Waals surface area contributed by atoms with Gasteiger partial charge in [0.15, 0.2) is 17.8 Å². The van der Waals surface area contributed by atoms with Gasteiger partial charge in [-0.2, -0.15) is 5.26 Å². The molecular weight excluding hydrogens is 326 g/mol. The Morgan fingerprint density at radius 2 is 1.84 bits per heavy atom. The van der Waals surface area contributed by atoms with Gasteiger partial charge in [0, 0.05) is 11.1 Å². The molecule has 2 atom stereocenters.